The molecule has 11 heteroatoms. The van der Waals surface area contributed by atoms with Crippen molar-refractivity contribution in [3.63, 3.8) is 0 Å². The molecule has 244 valence electrons. The Kier molecular flexibility index (Phi) is 12.3. The number of hydrogen-bond acceptors (Lipinski definition) is 8. The van der Waals surface area contributed by atoms with E-state index in [0.29, 0.717) is 51.9 Å². The van der Waals surface area contributed by atoms with Gasteiger partial charge >= 0.3 is 0 Å². The second kappa shape index (κ2) is 16.8. The highest BCUT2D eigenvalue weighted by Crippen LogP contribution is 2.33. The third-order valence-electron chi connectivity index (χ3n) is 6.95. The van der Waals surface area contributed by atoms with Gasteiger partial charge in [-0.3, -0.25) is 14.4 Å². The molecule has 3 amide bonds. The predicted molar refractivity (Wildman–Crippen MR) is 185 cm³/mol. The predicted octanol–water partition coefficient (Wildman–Crippen LogP) is 6.64. The van der Waals surface area contributed by atoms with Crippen LogP contribution in [0.2, 0.25) is 0 Å². The first-order valence-electron chi connectivity index (χ1n) is 14.7. The minimum atomic E-state index is -0.539. The van der Waals surface area contributed by atoms with E-state index in [2.05, 4.69) is 16.0 Å². The summed E-state index contributed by atoms with van der Waals surface area (Å²) in [6, 6.07) is 26.1. The summed E-state index contributed by atoms with van der Waals surface area (Å²) in [7, 11) is 6.14. The molecule has 0 aliphatic heterocycles. The van der Waals surface area contributed by atoms with Gasteiger partial charge in [-0.2, -0.15) is 0 Å². The molecule has 0 fully saturated rings. The molecule has 0 aromatic heterocycles. The molecular weight excluding hydrogens is 618 g/mol. The fourth-order valence-corrected chi connectivity index (χ4v) is 5.51. The number of anilines is 2. The van der Waals surface area contributed by atoms with Gasteiger partial charge in [0, 0.05) is 22.2 Å². The van der Waals surface area contributed by atoms with Crippen LogP contribution >= 0.6 is 11.8 Å². The Balaban J connectivity index is 1.53. The number of methoxy groups -OCH3 is 4. The Labute approximate surface area is 278 Å². The molecule has 0 radical (unpaired) electrons. The van der Waals surface area contributed by atoms with Crippen molar-refractivity contribution in [2.24, 2.45) is 0 Å². The molecule has 4 aromatic rings. The molecule has 10 nitrogen and oxygen atoms in total. The Morgan fingerprint density at radius 3 is 2.17 bits per heavy atom. The standard InChI is InChI=1S/C36H37N3O7S/c1-6-33(36(42)38-28-17-16-26(43-2)22-31(28)45-4)47-27-14-10-13-25(21-27)37-35(41)29(39-34(40)24-11-8-7-9-12-24)19-23-15-18-30(44-3)32(20-23)46-5/h7-22,33H,6H2,1-5H3,(H,37,41)(H,38,42)(H,39,40)/b29-19+. The maximum atomic E-state index is 13.6. The Morgan fingerprint density at radius 2 is 1.49 bits per heavy atom. The average Bonchev–Trinajstić information content (AvgIpc) is 3.10. The normalized spacial score (nSPS) is 11.6. The fraction of sp³-hybridized carbons (Fsp3) is 0.194. The number of thioether (sulfide) groups is 1. The Hall–Kier alpha value is -5.42. The number of rotatable bonds is 14. The summed E-state index contributed by atoms with van der Waals surface area (Å²) in [6.45, 7) is 1.93. The van der Waals surface area contributed by atoms with Crippen LogP contribution in [0.15, 0.2) is 102 Å². The highest BCUT2D eigenvalue weighted by Gasteiger charge is 2.21. The van der Waals surface area contributed by atoms with E-state index in [1.165, 1.54) is 33.1 Å². The van der Waals surface area contributed by atoms with Crippen molar-refractivity contribution < 1.29 is 33.3 Å². The number of carbonyl (C=O) groups excluding carboxylic acids is 3. The van der Waals surface area contributed by atoms with Crippen LogP contribution in [-0.4, -0.2) is 51.4 Å². The zero-order valence-electron chi connectivity index (χ0n) is 26.8. The minimum absolute atomic E-state index is 0.0170. The summed E-state index contributed by atoms with van der Waals surface area (Å²) in [6.07, 6.45) is 2.11. The zero-order chi connectivity index (χ0) is 33.8. The summed E-state index contributed by atoms with van der Waals surface area (Å²) < 4.78 is 21.4. The molecule has 1 unspecified atom stereocenters. The molecule has 1 atom stereocenters. The number of carbonyl (C=O) groups is 3. The van der Waals surface area contributed by atoms with Gasteiger partial charge in [0.2, 0.25) is 5.91 Å². The number of hydrogen-bond donors (Lipinski definition) is 3. The number of benzene rings is 4. The van der Waals surface area contributed by atoms with Crippen molar-refractivity contribution in [1.29, 1.82) is 0 Å². The van der Waals surface area contributed by atoms with Crippen LogP contribution in [0.3, 0.4) is 0 Å². The van der Waals surface area contributed by atoms with Crippen LogP contribution < -0.4 is 34.9 Å². The highest BCUT2D eigenvalue weighted by atomic mass is 32.2. The molecule has 0 aliphatic carbocycles. The van der Waals surface area contributed by atoms with Crippen LogP contribution in [-0.2, 0) is 9.59 Å². The Bertz CT molecular complexity index is 1740. The summed E-state index contributed by atoms with van der Waals surface area (Å²) in [4.78, 5) is 40.7. The van der Waals surface area contributed by atoms with Crippen LogP contribution in [0.5, 0.6) is 23.0 Å². The van der Waals surface area contributed by atoms with Crippen molar-refractivity contribution in [2.45, 2.75) is 23.5 Å². The van der Waals surface area contributed by atoms with Gasteiger partial charge < -0.3 is 34.9 Å². The maximum Gasteiger partial charge on any atom is 0.272 e. The lowest BCUT2D eigenvalue weighted by molar-refractivity contribution is -0.116. The van der Waals surface area contributed by atoms with Gasteiger partial charge in [-0.15, -0.1) is 11.8 Å². The highest BCUT2D eigenvalue weighted by molar-refractivity contribution is 8.00. The summed E-state index contributed by atoms with van der Waals surface area (Å²) in [5.41, 5.74) is 2.04. The first kappa shape index (κ1) is 34.5. The molecule has 3 N–H and O–H groups in total. The van der Waals surface area contributed by atoms with Gasteiger partial charge in [-0.1, -0.05) is 37.3 Å². The lowest BCUT2D eigenvalue weighted by atomic mass is 10.1. The first-order chi connectivity index (χ1) is 22.8. The minimum Gasteiger partial charge on any atom is -0.497 e. The van der Waals surface area contributed by atoms with Gasteiger partial charge in [0.05, 0.1) is 39.4 Å². The van der Waals surface area contributed by atoms with E-state index in [0.717, 1.165) is 4.90 Å². The molecule has 0 saturated carbocycles. The van der Waals surface area contributed by atoms with Crippen LogP contribution in [0, 0.1) is 0 Å². The van der Waals surface area contributed by atoms with Crippen LogP contribution in [0.4, 0.5) is 11.4 Å². The molecule has 0 bridgehead atoms. The van der Waals surface area contributed by atoms with E-state index in [1.807, 2.05) is 13.0 Å². The molecule has 0 spiro atoms. The average molecular weight is 656 g/mol. The van der Waals surface area contributed by atoms with E-state index in [4.69, 9.17) is 18.9 Å². The van der Waals surface area contributed by atoms with Crippen LogP contribution in [0.1, 0.15) is 29.3 Å². The smallest absolute Gasteiger partial charge is 0.272 e. The summed E-state index contributed by atoms with van der Waals surface area (Å²) in [5, 5.41) is 8.13. The third-order valence-corrected chi connectivity index (χ3v) is 8.31. The quantitative estimate of drug-likeness (QED) is 0.102. The molecule has 47 heavy (non-hydrogen) atoms. The van der Waals surface area contributed by atoms with E-state index < -0.39 is 17.1 Å². The van der Waals surface area contributed by atoms with E-state index in [9.17, 15) is 14.4 Å². The van der Waals surface area contributed by atoms with Crippen molar-refractivity contribution in [3.8, 4) is 23.0 Å². The summed E-state index contributed by atoms with van der Waals surface area (Å²) >= 11 is 1.37. The van der Waals surface area contributed by atoms with Crippen molar-refractivity contribution >= 4 is 46.9 Å². The van der Waals surface area contributed by atoms with Crippen molar-refractivity contribution in [2.75, 3.05) is 39.1 Å². The largest absolute Gasteiger partial charge is 0.497 e. The van der Waals surface area contributed by atoms with Gasteiger partial charge in [-0.05, 0) is 72.7 Å². The van der Waals surface area contributed by atoms with Gasteiger partial charge in [0.15, 0.2) is 11.5 Å². The molecule has 0 heterocycles. The lowest BCUT2D eigenvalue weighted by Gasteiger charge is -2.17. The van der Waals surface area contributed by atoms with Gasteiger partial charge in [0.1, 0.15) is 17.2 Å². The second-order valence-corrected chi connectivity index (χ2v) is 11.3. The SMILES string of the molecule is CCC(Sc1cccc(NC(=O)/C(=C\c2ccc(OC)c(OC)c2)NC(=O)c2ccccc2)c1)C(=O)Nc1ccc(OC)cc1OC. The van der Waals surface area contributed by atoms with E-state index in [1.54, 1.807) is 98.1 Å². The second-order valence-electron chi connectivity index (χ2n) is 10.0. The lowest BCUT2D eigenvalue weighted by Crippen LogP contribution is -2.30. The topological polar surface area (TPSA) is 124 Å². The summed E-state index contributed by atoms with van der Waals surface area (Å²) in [5.74, 6) is 0.921. The number of amides is 3. The molecule has 4 rings (SSSR count). The Morgan fingerprint density at radius 1 is 0.745 bits per heavy atom. The van der Waals surface area contributed by atoms with Gasteiger partial charge in [-0.25, -0.2) is 0 Å². The first-order valence-corrected chi connectivity index (χ1v) is 15.6. The zero-order valence-corrected chi connectivity index (χ0v) is 27.6. The molecule has 0 saturated heterocycles. The maximum absolute atomic E-state index is 13.6. The molecule has 4 aromatic carbocycles. The monoisotopic (exact) mass is 655 g/mol. The van der Waals surface area contributed by atoms with E-state index >= 15 is 0 Å². The van der Waals surface area contributed by atoms with Crippen molar-refractivity contribution in [3.05, 3.63) is 108 Å². The third kappa shape index (κ3) is 9.30. The van der Waals surface area contributed by atoms with Gasteiger partial charge in [0.25, 0.3) is 11.8 Å². The molecular formula is C36H37N3O7S. The number of nitrogens with one attached hydrogen (secondary N) is 3. The van der Waals surface area contributed by atoms with E-state index in [-0.39, 0.29) is 11.6 Å². The van der Waals surface area contributed by atoms with Crippen molar-refractivity contribution in [1.82, 2.24) is 5.32 Å². The number of ether oxygens (including phenoxy) is 4. The molecule has 0 aliphatic rings. The van der Waals surface area contributed by atoms with Crippen LogP contribution in [0.25, 0.3) is 6.08 Å². The fourth-order valence-electron chi connectivity index (χ4n) is 4.50.